The van der Waals surface area contributed by atoms with E-state index < -0.39 is 0 Å². The summed E-state index contributed by atoms with van der Waals surface area (Å²) in [5.41, 5.74) is 9.72. The first-order valence-electron chi connectivity index (χ1n) is 6.99. The van der Waals surface area contributed by atoms with Crippen molar-refractivity contribution in [1.82, 2.24) is 25.0 Å². The van der Waals surface area contributed by atoms with Crippen LogP contribution in [0.15, 0.2) is 54.6 Å². The third-order valence-electron chi connectivity index (χ3n) is 3.56. The number of hydrogen-bond donors (Lipinski definition) is 2. The molecule has 22 heavy (non-hydrogen) atoms. The summed E-state index contributed by atoms with van der Waals surface area (Å²) in [6.45, 7) is 0.583. The number of aromatic nitrogens is 5. The lowest BCUT2D eigenvalue weighted by atomic mass is 10.2. The number of rotatable bonds is 3. The van der Waals surface area contributed by atoms with Crippen LogP contribution in [-0.4, -0.2) is 25.0 Å². The van der Waals surface area contributed by atoms with E-state index in [9.17, 15) is 0 Å². The Hall–Kier alpha value is -3.15. The van der Waals surface area contributed by atoms with Gasteiger partial charge < -0.3 is 10.7 Å². The zero-order chi connectivity index (χ0) is 14.9. The van der Waals surface area contributed by atoms with Crippen molar-refractivity contribution in [2.75, 3.05) is 5.73 Å². The predicted octanol–water partition coefficient (Wildman–Crippen LogP) is 2.45. The molecule has 0 bridgehead atoms. The highest BCUT2D eigenvalue weighted by Crippen LogP contribution is 2.23. The predicted molar refractivity (Wildman–Crippen MR) is 85.1 cm³/mol. The average Bonchev–Trinajstić information content (AvgIpc) is 3.12. The summed E-state index contributed by atoms with van der Waals surface area (Å²) in [6, 6.07) is 17.8. The first kappa shape index (κ1) is 12.6. The Labute approximate surface area is 126 Å². The van der Waals surface area contributed by atoms with Crippen LogP contribution in [0.4, 0.5) is 5.82 Å². The lowest BCUT2D eigenvalue weighted by Crippen LogP contribution is -2.06. The van der Waals surface area contributed by atoms with Crippen LogP contribution in [0.25, 0.3) is 22.6 Å². The summed E-state index contributed by atoms with van der Waals surface area (Å²) in [6.07, 6.45) is 0. The molecule has 6 heteroatoms. The van der Waals surface area contributed by atoms with Gasteiger partial charge >= 0.3 is 0 Å². The van der Waals surface area contributed by atoms with Crippen molar-refractivity contribution < 1.29 is 0 Å². The smallest absolute Gasteiger partial charge is 0.172 e. The maximum Gasteiger partial charge on any atom is 0.172 e. The Morgan fingerprint density at radius 2 is 1.77 bits per heavy atom. The molecule has 0 aliphatic rings. The summed E-state index contributed by atoms with van der Waals surface area (Å²) in [5.74, 6) is 1.14. The molecule has 2 aromatic heterocycles. The number of hydrogen-bond acceptors (Lipinski definition) is 4. The Morgan fingerprint density at radius 1 is 1.00 bits per heavy atom. The highest BCUT2D eigenvalue weighted by molar-refractivity contribution is 5.80. The number of nitrogens with two attached hydrogens (primary N) is 1. The third-order valence-corrected chi connectivity index (χ3v) is 3.56. The van der Waals surface area contributed by atoms with E-state index in [2.05, 4.69) is 20.3 Å². The third kappa shape index (κ3) is 2.10. The molecular weight excluding hydrogens is 276 g/mol. The number of aromatic amines is 1. The fraction of sp³-hybridized carbons (Fsp3) is 0.0625. The maximum atomic E-state index is 6.18. The number of imidazole rings is 1. The quantitative estimate of drug-likeness (QED) is 0.607. The van der Waals surface area contributed by atoms with Crippen LogP contribution in [0, 0.1) is 0 Å². The highest BCUT2D eigenvalue weighted by atomic mass is 15.5. The zero-order valence-corrected chi connectivity index (χ0v) is 11.8. The van der Waals surface area contributed by atoms with Gasteiger partial charge in [-0.15, -0.1) is 5.10 Å². The molecule has 0 atom stereocenters. The normalized spacial score (nSPS) is 11.1. The molecule has 2 heterocycles. The van der Waals surface area contributed by atoms with Gasteiger partial charge in [-0.25, -0.2) is 9.67 Å². The molecule has 0 unspecified atom stereocenters. The molecule has 0 spiro atoms. The molecule has 2 aromatic carbocycles. The molecule has 6 nitrogen and oxygen atoms in total. The van der Waals surface area contributed by atoms with E-state index in [4.69, 9.17) is 5.73 Å². The number of anilines is 1. The summed E-state index contributed by atoms with van der Waals surface area (Å²) >= 11 is 0. The van der Waals surface area contributed by atoms with Gasteiger partial charge in [0, 0.05) is 0 Å². The van der Waals surface area contributed by atoms with Crippen molar-refractivity contribution >= 4 is 16.9 Å². The van der Waals surface area contributed by atoms with Crippen molar-refractivity contribution in [2.24, 2.45) is 0 Å². The minimum absolute atomic E-state index is 0.503. The Morgan fingerprint density at radius 3 is 2.59 bits per heavy atom. The van der Waals surface area contributed by atoms with E-state index in [-0.39, 0.29) is 0 Å². The van der Waals surface area contributed by atoms with E-state index in [1.807, 2.05) is 54.6 Å². The fourth-order valence-corrected chi connectivity index (χ4v) is 2.43. The lowest BCUT2D eigenvalue weighted by molar-refractivity contribution is 0.658. The van der Waals surface area contributed by atoms with Crippen molar-refractivity contribution in [2.45, 2.75) is 6.54 Å². The second-order valence-electron chi connectivity index (χ2n) is 5.07. The largest absolute Gasteiger partial charge is 0.382 e. The van der Waals surface area contributed by atoms with Crippen LogP contribution in [0.3, 0.4) is 0 Å². The average molecular weight is 290 g/mol. The first-order valence-corrected chi connectivity index (χ1v) is 6.99. The second-order valence-corrected chi connectivity index (χ2v) is 5.07. The molecule has 0 aliphatic heterocycles. The van der Waals surface area contributed by atoms with E-state index in [0.29, 0.717) is 23.9 Å². The Bertz CT molecular complexity index is 889. The van der Waals surface area contributed by atoms with Gasteiger partial charge in [0.15, 0.2) is 17.3 Å². The van der Waals surface area contributed by atoms with Crippen LogP contribution in [-0.2, 0) is 6.54 Å². The van der Waals surface area contributed by atoms with Crippen LogP contribution in [0.5, 0.6) is 0 Å². The summed E-state index contributed by atoms with van der Waals surface area (Å²) in [5, 5.41) is 8.31. The molecule has 0 saturated heterocycles. The van der Waals surface area contributed by atoms with Gasteiger partial charge in [0.25, 0.3) is 0 Å². The van der Waals surface area contributed by atoms with Crippen LogP contribution in [0.2, 0.25) is 0 Å². The molecule has 0 aliphatic carbocycles. The zero-order valence-electron chi connectivity index (χ0n) is 11.8. The van der Waals surface area contributed by atoms with Gasteiger partial charge in [-0.2, -0.15) is 0 Å². The van der Waals surface area contributed by atoms with E-state index in [0.717, 1.165) is 16.6 Å². The number of nitrogen functional groups attached to an aromatic ring is 1. The minimum atomic E-state index is 0.503. The Balaban J connectivity index is 1.71. The SMILES string of the molecule is Nc1c(-c2nc3ccccc3[nH]2)nnn1Cc1ccccc1. The summed E-state index contributed by atoms with van der Waals surface area (Å²) in [7, 11) is 0. The molecular formula is C16H14N6. The molecule has 4 aromatic rings. The van der Waals surface area contributed by atoms with Gasteiger partial charge in [0.2, 0.25) is 0 Å². The molecule has 108 valence electrons. The van der Waals surface area contributed by atoms with Gasteiger partial charge in [-0.3, -0.25) is 0 Å². The minimum Gasteiger partial charge on any atom is -0.382 e. The van der Waals surface area contributed by atoms with Crippen molar-refractivity contribution in [3.63, 3.8) is 0 Å². The lowest BCUT2D eigenvalue weighted by Gasteiger charge is -2.02. The fourth-order valence-electron chi connectivity index (χ4n) is 2.43. The standard InChI is InChI=1S/C16H14N6/c17-15-14(16-18-12-8-4-5-9-13(12)19-16)20-21-22(15)10-11-6-2-1-3-7-11/h1-9H,10,17H2,(H,18,19). The topological polar surface area (TPSA) is 85.4 Å². The highest BCUT2D eigenvalue weighted by Gasteiger charge is 2.15. The monoisotopic (exact) mass is 290 g/mol. The number of fused-ring (bicyclic) bond motifs is 1. The van der Waals surface area contributed by atoms with Crippen molar-refractivity contribution in [3.05, 3.63) is 60.2 Å². The molecule has 0 saturated carbocycles. The number of H-pyrrole nitrogens is 1. The Kier molecular flexibility index (Phi) is 2.86. The number of nitrogens with one attached hydrogen (secondary N) is 1. The maximum absolute atomic E-state index is 6.18. The van der Waals surface area contributed by atoms with Crippen molar-refractivity contribution in [3.8, 4) is 11.5 Å². The molecule has 0 amide bonds. The number of nitrogens with zero attached hydrogens (tertiary/aromatic N) is 4. The first-order chi connectivity index (χ1) is 10.8. The van der Waals surface area contributed by atoms with Crippen molar-refractivity contribution in [1.29, 1.82) is 0 Å². The van der Waals surface area contributed by atoms with Crippen LogP contribution >= 0.6 is 0 Å². The summed E-state index contributed by atoms with van der Waals surface area (Å²) < 4.78 is 1.68. The second kappa shape index (κ2) is 5.00. The van der Waals surface area contributed by atoms with Crippen LogP contribution < -0.4 is 5.73 Å². The molecule has 0 radical (unpaired) electrons. The van der Waals surface area contributed by atoms with E-state index >= 15 is 0 Å². The number of benzene rings is 2. The van der Waals surface area contributed by atoms with E-state index in [1.54, 1.807) is 4.68 Å². The van der Waals surface area contributed by atoms with Gasteiger partial charge in [0.1, 0.15) is 0 Å². The van der Waals surface area contributed by atoms with Gasteiger partial charge in [-0.05, 0) is 17.7 Å². The number of para-hydroxylation sites is 2. The summed E-state index contributed by atoms with van der Waals surface area (Å²) in [4.78, 5) is 7.74. The molecule has 0 fully saturated rings. The molecule has 4 rings (SSSR count). The van der Waals surface area contributed by atoms with Gasteiger partial charge in [0.05, 0.1) is 17.6 Å². The van der Waals surface area contributed by atoms with Crippen LogP contribution in [0.1, 0.15) is 5.56 Å². The molecule has 3 N–H and O–H groups in total. The van der Waals surface area contributed by atoms with E-state index in [1.165, 1.54) is 0 Å². The van der Waals surface area contributed by atoms with Gasteiger partial charge in [-0.1, -0.05) is 47.7 Å².